The maximum Gasteiger partial charge on any atom is 0.326 e. The number of rotatable bonds is 5. The number of amides is 1. The average Bonchev–Trinajstić information content (AvgIpc) is 2.01. The Hall–Kier alpha value is -1.14. The molecule has 0 saturated heterocycles. The van der Waals surface area contributed by atoms with E-state index >= 15 is 0 Å². The van der Waals surface area contributed by atoms with Crippen LogP contribution < -0.4 is 11.1 Å². The fourth-order valence-corrected chi connectivity index (χ4v) is 0.996. The van der Waals surface area contributed by atoms with Crippen molar-refractivity contribution < 1.29 is 20.2 Å². The number of nitrogens with two attached hydrogens (primary N) is 1. The number of carboxylic acid groups (broad SMARTS) is 1. The van der Waals surface area contributed by atoms with Crippen molar-refractivity contribution in [1.29, 1.82) is 0 Å². The molecule has 15 heavy (non-hydrogen) atoms. The van der Waals surface area contributed by atoms with Gasteiger partial charge in [-0.15, -0.1) is 0 Å². The molecule has 1 amide bonds. The van der Waals surface area contributed by atoms with Crippen LogP contribution in [0.15, 0.2) is 0 Å². The van der Waals surface area contributed by atoms with Crippen LogP contribution in [-0.4, -0.2) is 34.5 Å². The Kier molecular flexibility index (Phi) is 7.81. The van der Waals surface area contributed by atoms with Gasteiger partial charge in [0.05, 0.1) is 6.04 Å². The quantitative estimate of drug-likeness (QED) is 0.556. The lowest BCUT2D eigenvalue weighted by atomic mass is 10.0. The number of nitrogens with one attached hydrogen (secondary N) is 1. The van der Waals surface area contributed by atoms with E-state index in [0.29, 0.717) is 6.42 Å². The third kappa shape index (κ3) is 6.87. The average molecular weight is 220 g/mol. The van der Waals surface area contributed by atoms with Gasteiger partial charge in [-0.2, -0.15) is 0 Å². The molecule has 0 saturated carbocycles. The second-order valence-electron chi connectivity index (χ2n) is 3.82. The number of carbonyl (C=O) groups is 2. The largest absolute Gasteiger partial charge is 0.480 e. The Morgan fingerprint density at radius 3 is 2.07 bits per heavy atom. The van der Waals surface area contributed by atoms with Crippen LogP contribution in [0.5, 0.6) is 0 Å². The molecular weight excluding hydrogens is 200 g/mol. The van der Waals surface area contributed by atoms with Crippen molar-refractivity contribution in [3.63, 3.8) is 0 Å². The van der Waals surface area contributed by atoms with Gasteiger partial charge < -0.3 is 21.6 Å². The van der Waals surface area contributed by atoms with Crippen LogP contribution >= 0.6 is 0 Å². The van der Waals surface area contributed by atoms with E-state index in [1.165, 1.54) is 6.92 Å². The van der Waals surface area contributed by atoms with Crippen LogP contribution in [0, 0.1) is 5.92 Å². The Labute approximate surface area is 89.1 Å². The van der Waals surface area contributed by atoms with Crippen molar-refractivity contribution in [2.45, 2.75) is 39.3 Å². The first-order valence-corrected chi connectivity index (χ1v) is 4.63. The molecule has 0 aromatic rings. The molecule has 0 aromatic heterocycles. The summed E-state index contributed by atoms with van der Waals surface area (Å²) in [5, 5.41) is 11.2. The van der Waals surface area contributed by atoms with E-state index in [0.717, 1.165) is 0 Å². The summed E-state index contributed by atoms with van der Waals surface area (Å²) < 4.78 is 0. The normalized spacial score (nSPS) is 13.9. The smallest absolute Gasteiger partial charge is 0.326 e. The third-order valence-corrected chi connectivity index (χ3v) is 1.74. The first kappa shape index (κ1) is 16.3. The van der Waals surface area contributed by atoms with Crippen LogP contribution in [0.25, 0.3) is 0 Å². The number of carbonyl (C=O) groups excluding carboxylic acids is 1. The molecule has 0 rings (SSSR count). The highest BCUT2D eigenvalue weighted by Gasteiger charge is 2.22. The minimum Gasteiger partial charge on any atom is -0.480 e. The monoisotopic (exact) mass is 220 g/mol. The minimum atomic E-state index is -1.02. The number of hydrogen-bond donors (Lipinski definition) is 3. The minimum absolute atomic E-state index is 0. The standard InChI is InChI=1S/C9H18N2O3.H2O/c1-5(2)4-7(9(13)14)11-8(12)6(3)10;/h5-7H,4,10H2,1-3H3,(H,11,12)(H,13,14);1H2/t6-,7-;/m0./s1. The fraction of sp³-hybridized carbons (Fsp3) is 0.778. The van der Waals surface area contributed by atoms with E-state index in [1.807, 2.05) is 13.8 Å². The van der Waals surface area contributed by atoms with Crippen molar-refractivity contribution in [3.05, 3.63) is 0 Å². The highest BCUT2D eigenvalue weighted by atomic mass is 16.4. The summed E-state index contributed by atoms with van der Waals surface area (Å²) in [6.07, 6.45) is 0.411. The molecule has 0 spiro atoms. The van der Waals surface area contributed by atoms with Crippen molar-refractivity contribution in [3.8, 4) is 0 Å². The van der Waals surface area contributed by atoms with E-state index in [1.54, 1.807) is 0 Å². The Morgan fingerprint density at radius 1 is 1.33 bits per heavy atom. The zero-order valence-electron chi connectivity index (χ0n) is 9.28. The summed E-state index contributed by atoms with van der Waals surface area (Å²) >= 11 is 0. The van der Waals surface area contributed by atoms with Crippen molar-refractivity contribution >= 4 is 11.9 Å². The van der Waals surface area contributed by atoms with Gasteiger partial charge in [0.2, 0.25) is 5.91 Å². The van der Waals surface area contributed by atoms with Crippen LogP contribution in [0.4, 0.5) is 0 Å². The van der Waals surface area contributed by atoms with Gasteiger partial charge in [0.15, 0.2) is 0 Å². The molecule has 0 bridgehead atoms. The van der Waals surface area contributed by atoms with Gasteiger partial charge >= 0.3 is 5.97 Å². The summed E-state index contributed by atoms with van der Waals surface area (Å²) in [5.74, 6) is -1.24. The van der Waals surface area contributed by atoms with Crippen LogP contribution in [0.3, 0.4) is 0 Å². The summed E-state index contributed by atoms with van der Waals surface area (Å²) in [5.41, 5.74) is 5.31. The predicted octanol–water partition coefficient (Wildman–Crippen LogP) is -0.876. The lowest BCUT2D eigenvalue weighted by Crippen LogP contribution is -2.47. The predicted molar refractivity (Wildman–Crippen MR) is 56.3 cm³/mol. The SMILES string of the molecule is CC(C)C[C@H](NC(=O)[C@H](C)N)C(=O)O.O. The molecule has 0 aromatic carbocycles. The molecule has 0 unspecified atom stereocenters. The van der Waals surface area contributed by atoms with Gasteiger partial charge in [-0.05, 0) is 19.3 Å². The topological polar surface area (TPSA) is 124 Å². The zero-order valence-corrected chi connectivity index (χ0v) is 9.28. The molecule has 2 atom stereocenters. The lowest BCUT2D eigenvalue weighted by molar-refractivity contribution is -0.142. The number of aliphatic carboxylic acids is 1. The summed E-state index contributed by atoms with van der Waals surface area (Å²) in [4.78, 5) is 21.9. The molecule has 0 aliphatic rings. The van der Waals surface area contributed by atoms with E-state index in [9.17, 15) is 9.59 Å². The van der Waals surface area contributed by atoms with Gasteiger partial charge in [0, 0.05) is 0 Å². The number of hydrogen-bond acceptors (Lipinski definition) is 3. The summed E-state index contributed by atoms with van der Waals surface area (Å²) in [6.45, 7) is 5.31. The first-order chi connectivity index (χ1) is 6.34. The maximum absolute atomic E-state index is 11.1. The second-order valence-corrected chi connectivity index (χ2v) is 3.82. The van der Waals surface area contributed by atoms with Gasteiger partial charge in [-0.1, -0.05) is 13.8 Å². The van der Waals surface area contributed by atoms with E-state index in [2.05, 4.69) is 5.32 Å². The van der Waals surface area contributed by atoms with Gasteiger partial charge in [0.1, 0.15) is 6.04 Å². The maximum atomic E-state index is 11.1. The molecule has 0 aliphatic carbocycles. The van der Waals surface area contributed by atoms with Crippen LogP contribution in [0.1, 0.15) is 27.2 Å². The molecule has 6 N–H and O–H groups in total. The zero-order chi connectivity index (χ0) is 11.3. The van der Waals surface area contributed by atoms with E-state index in [-0.39, 0.29) is 11.4 Å². The molecule has 6 heteroatoms. The van der Waals surface area contributed by atoms with Gasteiger partial charge in [-0.25, -0.2) is 4.79 Å². The molecule has 0 aliphatic heterocycles. The molecule has 90 valence electrons. The Morgan fingerprint density at radius 2 is 1.80 bits per heavy atom. The highest BCUT2D eigenvalue weighted by Crippen LogP contribution is 2.04. The molecule has 0 heterocycles. The molecular formula is C9H20N2O4. The Balaban J connectivity index is 0. The third-order valence-electron chi connectivity index (χ3n) is 1.74. The summed E-state index contributed by atoms with van der Waals surface area (Å²) in [6, 6.07) is -1.52. The van der Waals surface area contributed by atoms with E-state index in [4.69, 9.17) is 10.8 Å². The molecule has 0 radical (unpaired) electrons. The van der Waals surface area contributed by atoms with Crippen molar-refractivity contribution in [1.82, 2.24) is 5.32 Å². The van der Waals surface area contributed by atoms with Crippen LogP contribution in [-0.2, 0) is 9.59 Å². The lowest BCUT2D eigenvalue weighted by Gasteiger charge is -2.17. The van der Waals surface area contributed by atoms with E-state index < -0.39 is 24.0 Å². The first-order valence-electron chi connectivity index (χ1n) is 4.63. The second kappa shape index (κ2) is 7.19. The van der Waals surface area contributed by atoms with Crippen molar-refractivity contribution in [2.75, 3.05) is 0 Å². The summed E-state index contributed by atoms with van der Waals surface area (Å²) in [7, 11) is 0. The van der Waals surface area contributed by atoms with Crippen molar-refractivity contribution in [2.24, 2.45) is 11.7 Å². The Bertz CT molecular complexity index is 216. The number of carboxylic acids is 1. The highest BCUT2D eigenvalue weighted by molar-refractivity contribution is 5.86. The molecule has 0 fully saturated rings. The van der Waals surface area contributed by atoms with Gasteiger partial charge in [0.25, 0.3) is 0 Å². The molecule has 6 nitrogen and oxygen atoms in total. The fourth-order valence-electron chi connectivity index (χ4n) is 0.996. The van der Waals surface area contributed by atoms with Crippen LogP contribution in [0.2, 0.25) is 0 Å². The van der Waals surface area contributed by atoms with Gasteiger partial charge in [-0.3, -0.25) is 4.79 Å².